The fraction of sp³-hybridized carbons (Fsp3) is 0.250. The van der Waals surface area contributed by atoms with E-state index in [1.165, 1.54) is 4.88 Å². The quantitative estimate of drug-likeness (QED) is 0.363. The van der Waals surface area contributed by atoms with Gasteiger partial charge in [0.05, 0.1) is 23.2 Å². The molecular weight excluding hydrogens is 477 g/mol. The van der Waals surface area contributed by atoms with E-state index >= 15 is 0 Å². The molecular formula is C24H19Cl2N5OS. The summed E-state index contributed by atoms with van der Waals surface area (Å²) in [5.41, 5.74) is 3.45. The van der Waals surface area contributed by atoms with Gasteiger partial charge < -0.3 is 4.98 Å². The summed E-state index contributed by atoms with van der Waals surface area (Å²) < 4.78 is 1.67. The lowest BCUT2D eigenvalue weighted by Gasteiger charge is -2.09. The number of aromatic nitrogens is 4. The van der Waals surface area contributed by atoms with Crippen LogP contribution in [-0.4, -0.2) is 19.7 Å². The van der Waals surface area contributed by atoms with Gasteiger partial charge in [0.2, 0.25) is 0 Å². The van der Waals surface area contributed by atoms with Gasteiger partial charge in [-0.3, -0.25) is 4.79 Å². The molecule has 0 saturated carbocycles. The van der Waals surface area contributed by atoms with E-state index in [9.17, 15) is 10.1 Å². The highest BCUT2D eigenvalue weighted by atomic mass is 35.5. The van der Waals surface area contributed by atoms with Crippen molar-refractivity contribution in [3.05, 3.63) is 77.9 Å². The van der Waals surface area contributed by atoms with Crippen molar-refractivity contribution in [2.75, 3.05) is 0 Å². The third-order valence-electron chi connectivity index (χ3n) is 5.84. The van der Waals surface area contributed by atoms with E-state index in [1.54, 1.807) is 22.1 Å². The van der Waals surface area contributed by atoms with Gasteiger partial charge in [0.15, 0.2) is 5.82 Å². The van der Waals surface area contributed by atoms with Gasteiger partial charge in [0.25, 0.3) is 5.56 Å². The lowest BCUT2D eigenvalue weighted by atomic mass is 9.97. The monoisotopic (exact) mass is 495 g/mol. The minimum absolute atomic E-state index is 0.197. The second kappa shape index (κ2) is 8.79. The maximum Gasteiger partial charge on any atom is 0.260 e. The smallest absolute Gasteiger partial charge is 0.260 e. The van der Waals surface area contributed by atoms with E-state index in [-0.39, 0.29) is 17.0 Å². The lowest BCUT2D eigenvalue weighted by Crippen LogP contribution is -2.12. The van der Waals surface area contributed by atoms with Gasteiger partial charge in [0, 0.05) is 15.5 Å². The molecule has 0 fully saturated rings. The van der Waals surface area contributed by atoms with Gasteiger partial charge in [-0.2, -0.15) is 10.4 Å². The Hall–Kier alpha value is -2.92. The molecule has 1 aliphatic carbocycles. The molecule has 4 aromatic rings. The van der Waals surface area contributed by atoms with Crippen LogP contribution < -0.4 is 5.56 Å². The van der Waals surface area contributed by atoms with Crippen molar-refractivity contribution in [2.45, 2.75) is 39.2 Å². The predicted molar refractivity (Wildman–Crippen MR) is 133 cm³/mol. The van der Waals surface area contributed by atoms with Gasteiger partial charge in [-0.05, 0) is 61.9 Å². The van der Waals surface area contributed by atoms with Gasteiger partial charge in [-0.15, -0.1) is 11.3 Å². The molecule has 0 atom stereocenters. The number of fused-ring (bicyclic) bond motifs is 3. The Morgan fingerprint density at radius 2 is 2.03 bits per heavy atom. The number of halogens is 2. The molecule has 0 bridgehead atoms. The molecule has 0 saturated heterocycles. The van der Waals surface area contributed by atoms with E-state index in [2.05, 4.69) is 21.1 Å². The van der Waals surface area contributed by atoms with Crippen LogP contribution in [0.2, 0.25) is 10.2 Å². The molecule has 0 unspecified atom stereocenters. The zero-order valence-electron chi connectivity index (χ0n) is 17.8. The van der Waals surface area contributed by atoms with E-state index in [1.807, 2.05) is 31.2 Å². The number of rotatable bonds is 4. The SMILES string of the molecule is Cc1nn(Cc2ccc(Cl)cc2)c(Cl)c1/C=C(\C#N)c1nc2sc3c(c2c(=O)[nH]1)CCCC3. The first-order valence-electron chi connectivity index (χ1n) is 10.6. The van der Waals surface area contributed by atoms with Crippen molar-refractivity contribution in [2.24, 2.45) is 0 Å². The summed E-state index contributed by atoms with van der Waals surface area (Å²) in [7, 11) is 0. The van der Waals surface area contributed by atoms with Crippen LogP contribution in [0, 0.1) is 18.3 Å². The number of benzene rings is 1. The van der Waals surface area contributed by atoms with E-state index in [0.29, 0.717) is 38.2 Å². The zero-order chi connectivity index (χ0) is 23.1. The normalized spacial score (nSPS) is 13.8. The third kappa shape index (κ3) is 4.10. The Morgan fingerprint density at radius 3 is 2.79 bits per heavy atom. The highest BCUT2D eigenvalue weighted by molar-refractivity contribution is 7.18. The molecule has 0 aliphatic heterocycles. The summed E-state index contributed by atoms with van der Waals surface area (Å²) in [6.45, 7) is 2.30. The maximum atomic E-state index is 12.9. The zero-order valence-corrected chi connectivity index (χ0v) is 20.1. The largest absolute Gasteiger partial charge is 0.305 e. The van der Waals surface area contributed by atoms with Gasteiger partial charge in [-0.1, -0.05) is 35.3 Å². The molecule has 1 aromatic carbocycles. The average molecular weight is 496 g/mol. The molecule has 166 valence electrons. The second-order valence-electron chi connectivity index (χ2n) is 8.05. The molecule has 5 rings (SSSR count). The number of hydrogen-bond donors (Lipinski definition) is 1. The van der Waals surface area contributed by atoms with E-state index in [0.717, 1.165) is 36.8 Å². The molecule has 6 nitrogen and oxygen atoms in total. The number of H-pyrrole nitrogens is 1. The minimum atomic E-state index is -0.197. The van der Waals surface area contributed by atoms with Crippen LogP contribution in [-0.2, 0) is 19.4 Å². The van der Waals surface area contributed by atoms with Crippen molar-refractivity contribution in [1.29, 1.82) is 5.26 Å². The minimum Gasteiger partial charge on any atom is -0.305 e. The summed E-state index contributed by atoms with van der Waals surface area (Å²) in [6.07, 6.45) is 5.74. The van der Waals surface area contributed by atoms with Crippen LogP contribution in [0.25, 0.3) is 21.9 Å². The van der Waals surface area contributed by atoms with Crippen molar-refractivity contribution in [1.82, 2.24) is 19.7 Å². The van der Waals surface area contributed by atoms with Crippen molar-refractivity contribution < 1.29 is 0 Å². The first-order chi connectivity index (χ1) is 15.9. The molecule has 0 amide bonds. The highest BCUT2D eigenvalue weighted by Crippen LogP contribution is 2.34. The molecule has 33 heavy (non-hydrogen) atoms. The molecule has 0 radical (unpaired) electrons. The standard InChI is InChI=1S/C24H19Cl2N5OS/c1-13-18(21(26)31(30-13)12-14-6-8-16(25)9-7-14)10-15(11-27)22-28-23(32)20-17-4-2-3-5-19(17)33-24(20)29-22/h6-10H,2-5,12H2,1H3,(H,28,29,32)/b15-10+. The summed E-state index contributed by atoms with van der Waals surface area (Å²) in [4.78, 5) is 22.3. The van der Waals surface area contributed by atoms with Gasteiger partial charge >= 0.3 is 0 Å². The maximum absolute atomic E-state index is 12.9. The van der Waals surface area contributed by atoms with Crippen LogP contribution in [0.4, 0.5) is 0 Å². The second-order valence-corrected chi connectivity index (χ2v) is 9.93. The van der Waals surface area contributed by atoms with E-state index in [4.69, 9.17) is 23.2 Å². The topological polar surface area (TPSA) is 87.4 Å². The average Bonchev–Trinajstić information content (AvgIpc) is 3.30. The molecule has 0 spiro atoms. The van der Waals surface area contributed by atoms with Crippen LogP contribution >= 0.6 is 34.5 Å². The Labute approximate surface area is 204 Å². The van der Waals surface area contributed by atoms with Crippen LogP contribution in [0.15, 0.2) is 29.1 Å². The number of thiophene rings is 1. The molecule has 3 heterocycles. The predicted octanol–water partition coefficient (Wildman–Crippen LogP) is 5.79. The molecule has 1 aliphatic rings. The number of aromatic amines is 1. The van der Waals surface area contributed by atoms with Crippen LogP contribution in [0.5, 0.6) is 0 Å². The Kier molecular flexibility index (Phi) is 5.83. The number of nitriles is 1. The third-order valence-corrected chi connectivity index (χ3v) is 7.68. The van der Waals surface area contributed by atoms with Crippen LogP contribution in [0.3, 0.4) is 0 Å². The lowest BCUT2D eigenvalue weighted by molar-refractivity contribution is 0.680. The fourth-order valence-corrected chi connectivity index (χ4v) is 5.86. The number of allylic oxidation sites excluding steroid dienone is 1. The number of aryl methyl sites for hydroxylation is 3. The summed E-state index contributed by atoms with van der Waals surface area (Å²) in [6, 6.07) is 9.62. The molecule has 3 aromatic heterocycles. The first kappa shape index (κ1) is 21.9. The van der Waals surface area contributed by atoms with Crippen molar-refractivity contribution >= 4 is 56.4 Å². The molecule has 9 heteroatoms. The Bertz CT molecular complexity index is 1510. The van der Waals surface area contributed by atoms with E-state index < -0.39 is 0 Å². The van der Waals surface area contributed by atoms with Crippen molar-refractivity contribution in [3.63, 3.8) is 0 Å². The van der Waals surface area contributed by atoms with Gasteiger partial charge in [-0.25, -0.2) is 9.67 Å². The Balaban J connectivity index is 1.54. The summed E-state index contributed by atoms with van der Waals surface area (Å²) in [5.74, 6) is 0.245. The Morgan fingerprint density at radius 1 is 1.27 bits per heavy atom. The number of nitrogens with one attached hydrogen (secondary N) is 1. The molecule has 1 N–H and O–H groups in total. The van der Waals surface area contributed by atoms with Crippen molar-refractivity contribution in [3.8, 4) is 6.07 Å². The van der Waals surface area contributed by atoms with Gasteiger partial charge in [0.1, 0.15) is 16.1 Å². The highest BCUT2D eigenvalue weighted by Gasteiger charge is 2.21. The summed E-state index contributed by atoms with van der Waals surface area (Å²) >= 11 is 14.1. The first-order valence-corrected chi connectivity index (χ1v) is 12.2. The number of hydrogen-bond acceptors (Lipinski definition) is 5. The number of nitrogens with zero attached hydrogens (tertiary/aromatic N) is 4. The summed E-state index contributed by atoms with van der Waals surface area (Å²) in [5, 5.41) is 16.1. The fourth-order valence-electron chi connectivity index (χ4n) is 4.19. The van der Waals surface area contributed by atoms with Crippen LogP contribution in [0.1, 0.15) is 45.9 Å².